The van der Waals surface area contributed by atoms with Gasteiger partial charge in [0.25, 0.3) is 5.91 Å². The topological polar surface area (TPSA) is 152 Å². The van der Waals surface area contributed by atoms with Crippen molar-refractivity contribution in [2.75, 3.05) is 22.0 Å². The summed E-state index contributed by atoms with van der Waals surface area (Å²) >= 11 is 1.52. The van der Waals surface area contributed by atoms with Gasteiger partial charge in [0.1, 0.15) is 18.0 Å². The Labute approximate surface area is 237 Å². The number of nitrogens with two attached hydrogens (primary N) is 1. The van der Waals surface area contributed by atoms with Crippen molar-refractivity contribution in [3.63, 3.8) is 0 Å². The lowest BCUT2D eigenvalue weighted by molar-refractivity contribution is 0.0951. The molecule has 0 bridgehead atoms. The van der Waals surface area contributed by atoms with Crippen LogP contribution >= 0.6 is 11.3 Å². The average Bonchev–Trinajstić information content (AvgIpc) is 3.41. The Morgan fingerprint density at radius 3 is 2.59 bits per heavy atom. The number of hydrogen-bond donors (Lipinski definition) is 4. The van der Waals surface area contributed by atoms with E-state index < -0.39 is 27.6 Å². The average molecular weight is 596 g/mol. The highest BCUT2D eigenvalue weighted by molar-refractivity contribution is 7.92. The van der Waals surface area contributed by atoms with Gasteiger partial charge in [0.2, 0.25) is 10.0 Å². The molecule has 41 heavy (non-hydrogen) atoms. The number of nitrogens with one attached hydrogen (secondary N) is 3. The van der Waals surface area contributed by atoms with Gasteiger partial charge in [-0.25, -0.2) is 32.2 Å². The molecular weight excluding hydrogens is 572 g/mol. The van der Waals surface area contributed by atoms with Gasteiger partial charge in [0.15, 0.2) is 11.6 Å². The number of hydrogen-bond acceptors (Lipinski definition) is 9. The summed E-state index contributed by atoms with van der Waals surface area (Å²) in [6, 6.07) is 14.3. The standard InChI is InChI=1S/C27H23F2N7O3S2/c1-41(38,39)36-17-10-20(27(37)33-11-15-2-5-21(28)22(29)8-15)26(31-12-17)32-13-18-4-7-24(40-18)16-3-6-23-19(9-16)25(30)35-14-34-23/h2-10,12,14,36H,11,13H2,1H3,(H,31,32)(H,33,37)(H2,30,34,35). The van der Waals surface area contributed by atoms with E-state index in [0.29, 0.717) is 17.9 Å². The molecule has 14 heteroatoms. The monoisotopic (exact) mass is 595 g/mol. The SMILES string of the molecule is CS(=O)(=O)Nc1cnc(NCc2ccc(-c3ccc4ncnc(N)c4c3)s2)c(C(=O)NCc2ccc(F)c(F)c2)c1. The van der Waals surface area contributed by atoms with E-state index in [-0.39, 0.29) is 23.6 Å². The first kappa shape index (κ1) is 27.9. The molecule has 0 aliphatic heterocycles. The highest BCUT2D eigenvalue weighted by Crippen LogP contribution is 2.32. The summed E-state index contributed by atoms with van der Waals surface area (Å²) in [4.78, 5) is 27.5. The van der Waals surface area contributed by atoms with E-state index in [9.17, 15) is 22.0 Å². The highest BCUT2D eigenvalue weighted by atomic mass is 32.2. The number of anilines is 3. The van der Waals surface area contributed by atoms with Crippen molar-refractivity contribution in [2.24, 2.45) is 0 Å². The van der Waals surface area contributed by atoms with Crippen LogP contribution in [0, 0.1) is 11.6 Å². The van der Waals surface area contributed by atoms with Gasteiger partial charge in [0.05, 0.1) is 35.8 Å². The lowest BCUT2D eigenvalue weighted by Crippen LogP contribution is -2.25. The summed E-state index contributed by atoms with van der Waals surface area (Å²) in [5.74, 6) is -2.02. The number of amides is 1. The summed E-state index contributed by atoms with van der Waals surface area (Å²) in [6.45, 7) is 0.230. The number of halogens is 2. The van der Waals surface area contributed by atoms with E-state index >= 15 is 0 Å². The molecule has 0 spiro atoms. The normalized spacial score (nSPS) is 11.4. The molecule has 3 aromatic heterocycles. The van der Waals surface area contributed by atoms with Crippen LogP contribution in [0.25, 0.3) is 21.3 Å². The largest absolute Gasteiger partial charge is 0.383 e. The zero-order valence-corrected chi connectivity index (χ0v) is 23.1. The third-order valence-corrected chi connectivity index (χ3v) is 7.66. The molecular formula is C27H23F2N7O3S2. The second-order valence-corrected chi connectivity index (χ2v) is 12.0. The van der Waals surface area contributed by atoms with Crippen molar-refractivity contribution in [1.29, 1.82) is 0 Å². The van der Waals surface area contributed by atoms with E-state index in [2.05, 4.69) is 30.3 Å². The van der Waals surface area contributed by atoms with E-state index in [4.69, 9.17) is 5.73 Å². The number of aromatic nitrogens is 3. The number of rotatable bonds is 9. The van der Waals surface area contributed by atoms with E-state index in [1.165, 1.54) is 36.0 Å². The zero-order chi connectivity index (χ0) is 29.1. The second kappa shape index (κ2) is 11.4. The van der Waals surface area contributed by atoms with Gasteiger partial charge in [-0.05, 0) is 53.6 Å². The fourth-order valence-electron chi connectivity index (χ4n) is 4.00. The van der Waals surface area contributed by atoms with Crippen molar-refractivity contribution in [3.05, 3.63) is 94.8 Å². The lowest BCUT2D eigenvalue weighted by Gasteiger charge is -2.13. The Morgan fingerprint density at radius 2 is 1.80 bits per heavy atom. The maximum atomic E-state index is 13.6. The highest BCUT2D eigenvalue weighted by Gasteiger charge is 2.16. The van der Waals surface area contributed by atoms with Crippen molar-refractivity contribution >= 4 is 55.5 Å². The molecule has 0 unspecified atom stereocenters. The molecule has 10 nitrogen and oxygen atoms in total. The molecule has 0 aliphatic carbocycles. The number of carbonyl (C=O) groups is 1. The van der Waals surface area contributed by atoms with Crippen molar-refractivity contribution in [1.82, 2.24) is 20.3 Å². The van der Waals surface area contributed by atoms with Gasteiger partial charge < -0.3 is 16.4 Å². The number of pyridine rings is 1. The molecule has 5 aromatic rings. The van der Waals surface area contributed by atoms with Crippen LogP contribution in [-0.4, -0.2) is 35.5 Å². The Kier molecular flexibility index (Phi) is 7.77. The fraction of sp³-hybridized carbons (Fsp3) is 0.111. The Morgan fingerprint density at radius 1 is 0.976 bits per heavy atom. The molecule has 0 fully saturated rings. The predicted molar refractivity (Wildman–Crippen MR) is 155 cm³/mol. The smallest absolute Gasteiger partial charge is 0.255 e. The molecule has 5 N–H and O–H groups in total. The first-order valence-electron chi connectivity index (χ1n) is 12.1. The van der Waals surface area contributed by atoms with E-state index in [0.717, 1.165) is 44.6 Å². The first-order valence-corrected chi connectivity index (χ1v) is 14.8. The van der Waals surface area contributed by atoms with Gasteiger partial charge >= 0.3 is 0 Å². The van der Waals surface area contributed by atoms with Crippen LogP contribution in [0.2, 0.25) is 0 Å². The molecule has 0 aliphatic rings. The number of nitrogen functional groups attached to an aromatic ring is 1. The van der Waals surface area contributed by atoms with Crippen LogP contribution in [-0.2, 0) is 23.1 Å². The number of carbonyl (C=O) groups excluding carboxylic acids is 1. The van der Waals surface area contributed by atoms with Gasteiger partial charge in [0, 0.05) is 21.7 Å². The lowest BCUT2D eigenvalue weighted by atomic mass is 10.1. The van der Waals surface area contributed by atoms with Crippen molar-refractivity contribution in [3.8, 4) is 10.4 Å². The van der Waals surface area contributed by atoms with Gasteiger partial charge in [-0.2, -0.15) is 0 Å². The van der Waals surface area contributed by atoms with Crippen molar-refractivity contribution in [2.45, 2.75) is 13.1 Å². The summed E-state index contributed by atoms with van der Waals surface area (Å²) in [7, 11) is -3.63. The summed E-state index contributed by atoms with van der Waals surface area (Å²) < 4.78 is 52.6. The van der Waals surface area contributed by atoms with Crippen LogP contribution in [0.15, 0.2) is 67.1 Å². The molecule has 5 rings (SSSR count). The van der Waals surface area contributed by atoms with Gasteiger partial charge in [-0.1, -0.05) is 12.1 Å². The van der Waals surface area contributed by atoms with Crippen molar-refractivity contribution < 1.29 is 22.0 Å². The van der Waals surface area contributed by atoms with E-state index in [1.54, 1.807) is 0 Å². The maximum absolute atomic E-state index is 13.6. The van der Waals surface area contributed by atoms with E-state index in [1.807, 2.05) is 30.3 Å². The minimum Gasteiger partial charge on any atom is -0.383 e. The Balaban J connectivity index is 1.35. The summed E-state index contributed by atoms with van der Waals surface area (Å²) in [5, 5.41) is 6.52. The maximum Gasteiger partial charge on any atom is 0.255 e. The predicted octanol–water partition coefficient (Wildman–Crippen LogP) is 4.53. The Hall–Kier alpha value is -4.69. The van der Waals surface area contributed by atoms with Crippen LogP contribution in [0.3, 0.4) is 0 Å². The summed E-state index contributed by atoms with van der Waals surface area (Å²) in [5.41, 5.74) is 8.19. The molecule has 0 saturated heterocycles. The van der Waals surface area contributed by atoms with Crippen LogP contribution in [0.5, 0.6) is 0 Å². The van der Waals surface area contributed by atoms with Gasteiger partial charge in [-0.3, -0.25) is 9.52 Å². The Bertz CT molecular complexity index is 1880. The van der Waals surface area contributed by atoms with Crippen LogP contribution < -0.4 is 21.1 Å². The third-order valence-electron chi connectivity index (χ3n) is 5.92. The van der Waals surface area contributed by atoms with Crippen LogP contribution in [0.4, 0.5) is 26.1 Å². The molecule has 2 aromatic carbocycles. The second-order valence-electron chi connectivity index (χ2n) is 9.04. The molecule has 1 amide bonds. The number of nitrogens with zero attached hydrogens (tertiary/aromatic N) is 3. The minimum absolute atomic E-state index is 0.0583. The minimum atomic E-state index is -3.63. The van der Waals surface area contributed by atoms with Gasteiger partial charge in [-0.15, -0.1) is 11.3 Å². The quantitative estimate of drug-likeness (QED) is 0.194. The fourth-order valence-corrected chi connectivity index (χ4v) is 5.49. The first-order chi connectivity index (χ1) is 19.6. The number of benzene rings is 2. The zero-order valence-electron chi connectivity index (χ0n) is 21.5. The number of thiophene rings is 1. The molecule has 0 saturated carbocycles. The molecule has 210 valence electrons. The molecule has 3 heterocycles. The summed E-state index contributed by atoms with van der Waals surface area (Å²) in [6.07, 6.45) is 3.69. The molecule has 0 radical (unpaired) electrons. The molecule has 0 atom stereocenters. The van der Waals surface area contributed by atoms with Crippen LogP contribution in [0.1, 0.15) is 20.8 Å². The third kappa shape index (κ3) is 6.73. The number of sulfonamides is 1. The number of fused-ring (bicyclic) bond motifs is 1.